The zero-order valence-corrected chi connectivity index (χ0v) is 22.2. The van der Waals surface area contributed by atoms with Crippen molar-refractivity contribution in [1.29, 1.82) is 0 Å². The number of halogens is 1. The molecule has 0 unspecified atom stereocenters. The van der Waals surface area contributed by atoms with Gasteiger partial charge in [0.2, 0.25) is 21.8 Å². The third-order valence-electron chi connectivity index (χ3n) is 5.42. The minimum atomic E-state index is -3.77. The average Bonchev–Trinajstić information content (AvgIpc) is 2.75. The first-order chi connectivity index (χ1) is 15.8. The summed E-state index contributed by atoms with van der Waals surface area (Å²) in [5.41, 5.74) is 2.11. The third-order valence-corrected chi connectivity index (χ3v) is 6.93. The van der Waals surface area contributed by atoms with Gasteiger partial charge in [0.05, 0.1) is 11.9 Å². The number of rotatable bonds is 10. The smallest absolute Gasteiger partial charge is 0.244 e. The van der Waals surface area contributed by atoms with Crippen LogP contribution in [0.3, 0.4) is 0 Å². The SMILES string of the molecule is CC(C)NC(=O)[C@H](C)N(Cc1ccccc1Cl)C(=O)CN(c1ccc(C(C)C)cc1)S(C)(=O)=O. The van der Waals surface area contributed by atoms with E-state index in [2.05, 4.69) is 5.32 Å². The minimum Gasteiger partial charge on any atom is -0.352 e. The highest BCUT2D eigenvalue weighted by Gasteiger charge is 2.30. The molecule has 0 spiro atoms. The van der Waals surface area contributed by atoms with Gasteiger partial charge in [-0.1, -0.05) is 55.8 Å². The van der Waals surface area contributed by atoms with Gasteiger partial charge in [-0.05, 0) is 56.0 Å². The second-order valence-electron chi connectivity index (χ2n) is 8.97. The van der Waals surface area contributed by atoms with Crippen LogP contribution in [0.5, 0.6) is 0 Å². The van der Waals surface area contributed by atoms with E-state index in [1.165, 1.54) is 4.90 Å². The second kappa shape index (κ2) is 11.7. The van der Waals surface area contributed by atoms with Crippen molar-refractivity contribution in [2.24, 2.45) is 0 Å². The fraction of sp³-hybridized carbons (Fsp3) is 0.440. The summed E-state index contributed by atoms with van der Waals surface area (Å²) in [7, 11) is -3.77. The molecule has 7 nitrogen and oxygen atoms in total. The molecule has 0 aliphatic carbocycles. The van der Waals surface area contributed by atoms with Crippen LogP contribution in [0, 0.1) is 0 Å². The number of amides is 2. The maximum Gasteiger partial charge on any atom is 0.244 e. The van der Waals surface area contributed by atoms with Gasteiger partial charge in [0.15, 0.2) is 0 Å². The summed E-state index contributed by atoms with van der Waals surface area (Å²) in [5.74, 6) is -0.555. The number of benzene rings is 2. The molecule has 0 aliphatic rings. The van der Waals surface area contributed by atoms with E-state index >= 15 is 0 Å². The lowest BCUT2D eigenvalue weighted by molar-refractivity contribution is -0.139. The summed E-state index contributed by atoms with van der Waals surface area (Å²) in [6, 6.07) is 13.2. The highest BCUT2D eigenvalue weighted by molar-refractivity contribution is 7.92. The van der Waals surface area contributed by atoms with E-state index in [0.717, 1.165) is 16.1 Å². The zero-order valence-electron chi connectivity index (χ0n) is 20.6. The van der Waals surface area contributed by atoms with Crippen LogP contribution >= 0.6 is 11.6 Å². The van der Waals surface area contributed by atoms with Gasteiger partial charge in [-0.2, -0.15) is 0 Å². The first-order valence-electron chi connectivity index (χ1n) is 11.2. The Morgan fingerprint density at radius 3 is 2.06 bits per heavy atom. The fourth-order valence-electron chi connectivity index (χ4n) is 3.44. The van der Waals surface area contributed by atoms with Gasteiger partial charge in [-0.15, -0.1) is 0 Å². The van der Waals surface area contributed by atoms with Gasteiger partial charge < -0.3 is 10.2 Å². The predicted octanol–water partition coefficient (Wildman–Crippen LogP) is 4.17. The summed E-state index contributed by atoms with van der Waals surface area (Å²) in [6.07, 6.45) is 1.06. The van der Waals surface area contributed by atoms with E-state index in [1.807, 2.05) is 39.8 Å². The first-order valence-corrected chi connectivity index (χ1v) is 13.4. The number of nitrogens with zero attached hydrogens (tertiary/aromatic N) is 2. The van der Waals surface area contributed by atoms with Crippen molar-refractivity contribution < 1.29 is 18.0 Å². The summed E-state index contributed by atoms with van der Waals surface area (Å²) in [4.78, 5) is 27.6. The highest BCUT2D eigenvalue weighted by atomic mass is 35.5. The van der Waals surface area contributed by atoms with Crippen LogP contribution in [0.15, 0.2) is 48.5 Å². The number of carbonyl (C=O) groups is 2. The number of carbonyl (C=O) groups excluding carboxylic acids is 2. The molecule has 2 aromatic carbocycles. The summed E-state index contributed by atoms with van der Waals surface area (Å²) in [5, 5.41) is 3.27. The maximum absolute atomic E-state index is 13.5. The zero-order chi connectivity index (χ0) is 25.6. The second-order valence-corrected chi connectivity index (χ2v) is 11.3. The molecular formula is C25H34ClN3O4S. The van der Waals surface area contributed by atoms with Gasteiger partial charge in [-0.3, -0.25) is 13.9 Å². The van der Waals surface area contributed by atoms with Crippen molar-refractivity contribution in [1.82, 2.24) is 10.2 Å². The summed E-state index contributed by atoms with van der Waals surface area (Å²) in [6.45, 7) is 8.99. The summed E-state index contributed by atoms with van der Waals surface area (Å²) >= 11 is 6.31. The Labute approximate surface area is 208 Å². The normalized spacial score (nSPS) is 12.5. The molecule has 9 heteroatoms. The van der Waals surface area contributed by atoms with Crippen molar-refractivity contribution in [2.75, 3.05) is 17.1 Å². The predicted molar refractivity (Wildman–Crippen MR) is 137 cm³/mol. The molecule has 2 rings (SSSR count). The lowest BCUT2D eigenvalue weighted by atomic mass is 10.0. The van der Waals surface area contributed by atoms with Crippen LogP contribution in [0.1, 0.15) is 51.7 Å². The maximum atomic E-state index is 13.5. The summed E-state index contributed by atoms with van der Waals surface area (Å²) < 4.78 is 26.3. The van der Waals surface area contributed by atoms with Crippen molar-refractivity contribution in [3.8, 4) is 0 Å². The van der Waals surface area contributed by atoms with Crippen LogP contribution in [-0.2, 0) is 26.2 Å². The molecule has 0 saturated carbocycles. The van der Waals surface area contributed by atoms with Crippen LogP contribution in [0.4, 0.5) is 5.69 Å². The largest absolute Gasteiger partial charge is 0.352 e. The first kappa shape index (κ1) is 27.7. The Morgan fingerprint density at radius 2 is 1.56 bits per heavy atom. The molecule has 1 N–H and O–H groups in total. The van der Waals surface area contributed by atoms with Gasteiger partial charge in [-0.25, -0.2) is 8.42 Å². The molecule has 0 radical (unpaired) electrons. The van der Waals surface area contributed by atoms with E-state index in [1.54, 1.807) is 43.3 Å². The lowest BCUT2D eigenvalue weighted by Crippen LogP contribution is -2.52. The third kappa shape index (κ3) is 7.46. The standard InChI is InChI=1S/C25H34ClN3O4S/c1-17(2)20-11-13-22(14-12-20)29(34(6,32)33)16-24(30)28(19(5)25(31)27-18(3)4)15-21-9-7-8-10-23(21)26/h7-14,17-19H,15-16H2,1-6H3,(H,27,31)/t19-/m0/s1. The number of nitrogens with one attached hydrogen (secondary N) is 1. The van der Waals surface area contributed by atoms with Crippen LogP contribution in [0.2, 0.25) is 5.02 Å². The van der Waals surface area contributed by atoms with Crippen molar-refractivity contribution in [3.05, 3.63) is 64.7 Å². The number of anilines is 1. The molecule has 0 fully saturated rings. The van der Waals surface area contributed by atoms with Crippen LogP contribution < -0.4 is 9.62 Å². The molecule has 0 saturated heterocycles. The van der Waals surface area contributed by atoms with Crippen LogP contribution in [0.25, 0.3) is 0 Å². The monoisotopic (exact) mass is 507 g/mol. The topological polar surface area (TPSA) is 86.8 Å². The van der Waals surface area contributed by atoms with Gasteiger partial charge in [0.1, 0.15) is 12.6 Å². The molecule has 1 atom stereocenters. The van der Waals surface area contributed by atoms with Crippen molar-refractivity contribution >= 4 is 39.1 Å². The van der Waals surface area contributed by atoms with E-state index in [0.29, 0.717) is 16.3 Å². The highest BCUT2D eigenvalue weighted by Crippen LogP contribution is 2.23. The minimum absolute atomic E-state index is 0.0646. The Kier molecular flexibility index (Phi) is 9.53. The number of hydrogen-bond acceptors (Lipinski definition) is 4. The molecular weight excluding hydrogens is 474 g/mol. The van der Waals surface area contributed by atoms with E-state index in [4.69, 9.17) is 11.6 Å². The number of hydrogen-bond donors (Lipinski definition) is 1. The Hall–Kier alpha value is -2.58. The molecule has 0 aliphatic heterocycles. The van der Waals surface area contributed by atoms with Gasteiger partial charge >= 0.3 is 0 Å². The lowest BCUT2D eigenvalue weighted by Gasteiger charge is -2.32. The Balaban J connectivity index is 2.40. The van der Waals surface area contributed by atoms with Crippen molar-refractivity contribution in [2.45, 2.75) is 59.2 Å². The van der Waals surface area contributed by atoms with E-state index in [-0.39, 0.29) is 24.4 Å². The molecule has 34 heavy (non-hydrogen) atoms. The molecule has 0 heterocycles. The molecule has 0 bridgehead atoms. The average molecular weight is 508 g/mol. The van der Waals surface area contributed by atoms with Gasteiger partial charge in [0.25, 0.3) is 0 Å². The molecule has 2 amide bonds. The molecule has 186 valence electrons. The van der Waals surface area contributed by atoms with Crippen LogP contribution in [-0.4, -0.2) is 50.0 Å². The van der Waals surface area contributed by atoms with Gasteiger partial charge in [0, 0.05) is 17.6 Å². The van der Waals surface area contributed by atoms with Crippen molar-refractivity contribution in [3.63, 3.8) is 0 Å². The molecule has 2 aromatic rings. The number of sulfonamides is 1. The Bertz CT molecular complexity index is 1100. The quantitative estimate of drug-likeness (QED) is 0.523. The fourth-order valence-corrected chi connectivity index (χ4v) is 4.48. The molecule has 0 aromatic heterocycles. The van der Waals surface area contributed by atoms with E-state index in [9.17, 15) is 18.0 Å². The Morgan fingerprint density at radius 1 is 0.971 bits per heavy atom. The van der Waals surface area contributed by atoms with E-state index < -0.39 is 28.5 Å².